The van der Waals surface area contributed by atoms with Gasteiger partial charge in [0.1, 0.15) is 12.4 Å². The Morgan fingerprint density at radius 3 is 2.79 bits per heavy atom. The number of guanidine groups is 1. The molecule has 0 fully saturated rings. The Labute approximate surface area is 142 Å². The Morgan fingerprint density at radius 1 is 1.33 bits per heavy atom. The number of hydrogen-bond acceptors (Lipinski definition) is 5. The fourth-order valence-electron chi connectivity index (χ4n) is 2.09. The average Bonchev–Trinajstić information content (AvgIpc) is 3.00. The summed E-state index contributed by atoms with van der Waals surface area (Å²) < 4.78 is 10.8. The van der Waals surface area contributed by atoms with Crippen molar-refractivity contribution >= 4 is 5.96 Å². The van der Waals surface area contributed by atoms with Gasteiger partial charge in [0, 0.05) is 20.0 Å². The number of nitrogens with zero attached hydrogens (tertiary/aromatic N) is 4. The topological polar surface area (TPSA) is 75.8 Å². The number of aliphatic imine (C=N–C) groups is 1. The van der Waals surface area contributed by atoms with Crippen molar-refractivity contribution < 1.29 is 9.26 Å². The van der Waals surface area contributed by atoms with E-state index in [1.165, 1.54) is 0 Å². The monoisotopic (exact) mass is 331 g/mol. The van der Waals surface area contributed by atoms with Crippen LogP contribution in [0, 0.1) is 6.92 Å². The maximum Gasteiger partial charge on any atom is 0.228 e. The molecule has 0 saturated heterocycles. The second-order valence-electron chi connectivity index (χ2n) is 5.30. The van der Waals surface area contributed by atoms with Gasteiger partial charge in [-0.2, -0.15) is 4.98 Å². The summed E-state index contributed by atoms with van der Waals surface area (Å²) in [5.41, 5.74) is 0. The number of benzene rings is 1. The number of para-hydroxylation sites is 1. The highest BCUT2D eigenvalue weighted by Gasteiger charge is 2.07. The smallest absolute Gasteiger partial charge is 0.228 e. The molecule has 2 rings (SSSR count). The third-order valence-electron chi connectivity index (χ3n) is 3.29. The highest BCUT2D eigenvalue weighted by atomic mass is 16.5. The van der Waals surface area contributed by atoms with Crippen LogP contribution < -0.4 is 10.1 Å². The van der Waals surface area contributed by atoms with E-state index < -0.39 is 0 Å². The fraction of sp³-hybridized carbons (Fsp3) is 0.471. The van der Waals surface area contributed by atoms with E-state index in [0.29, 0.717) is 31.3 Å². The van der Waals surface area contributed by atoms with Crippen molar-refractivity contribution in [2.24, 2.45) is 4.99 Å². The first-order valence-corrected chi connectivity index (χ1v) is 8.15. The van der Waals surface area contributed by atoms with Crippen LogP contribution in [0.15, 0.2) is 39.8 Å². The number of rotatable bonds is 8. The van der Waals surface area contributed by atoms with Gasteiger partial charge in [-0.15, -0.1) is 0 Å². The first-order valence-electron chi connectivity index (χ1n) is 8.15. The summed E-state index contributed by atoms with van der Waals surface area (Å²) in [5.74, 6) is 2.98. The number of aryl methyl sites for hydroxylation is 1. The van der Waals surface area contributed by atoms with Crippen LogP contribution in [0.5, 0.6) is 5.75 Å². The summed E-state index contributed by atoms with van der Waals surface area (Å²) in [4.78, 5) is 10.8. The zero-order valence-corrected chi connectivity index (χ0v) is 14.5. The summed E-state index contributed by atoms with van der Waals surface area (Å²) in [5, 5.41) is 7.05. The Kier molecular flexibility index (Phi) is 7.07. The summed E-state index contributed by atoms with van der Waals surface area (Å²) in [6.07, 6.45) is 0.629. The Hall–Kier alpha value is -2.57. The summed E-state index contributed by atoms with van der Waals surface area (Å²) in [6.45, 7) is 6.58. The number of nitrogens with one attached hydrogen (secondary N) is 1. The van der Waals surface area contributed by atoms with Crippen molar-refractivity contribution in [2.75, 3.05) is 33.3 Å². The van der Waals surface area contributed by atoms with Gasteiger partial charge in [0.25, 0.3) is 0 Å². The number of ether oxygens (including phenoxy) is 1. The van der Waals surface area contributed by atoms with Crippen LogP contribution in [0.1, 0.15) is 18.6 Å². The van der Waals surface area contributed by atoms with Crippen molar-refractivity contribution in [1.29, 1.82) is 0 Å². The van der Waals surface area contributed by atoms with Crippen LogP contribution >= 0.6 is 0 Å². The summed E-state index contributed by atoms with van der Waals surface area (Å²) in [7, 11) is 1.99. The molecule has 7 nitrogen and oxygen atoms in total. The third kappa shape index (κ3) is 5.91. The molecular formula is C17H25N5O2. The molecule has 0 aliphatic heterocycles. The van der Waals surface area contributed by atoms with Crippen molar-refractivity contribution in [2.45, 2.75) is 20.3 Å². The molecule has 0 bridgehead atoms. The lowest BCUT2D eigenvalue weighted by molar-refractivity contribution is 0.281. The van der Waals surface area contributed by atoms with E-state index >= 15 is 0 Å². The van der Waals surface area contributed by atoms with Gasteiger partial charge in [0.2, 0.25) is 5.89 Å². The zero-order chi connectivity index (χ0) is 17.2. The van der Waals surface area contributed by atoms with Crippen molar-refractivity contribution in [3.05, 3.63) is 42.0 Å². The SMILES string of the molecule is CCNC(=NCCc1nc(C)no1)N(C)CCOc1ccccc1. The van der Waals surface area contributed by atoms with E-state index in [-0.39, 0.29) is 0 Å². The Bertz CT molecular complexity index is 627. The van der Waals surface area contributed by atoms with Gasteiger partial charge in [-0.05, 0) is 26.0 Å². The summed E-state index contributed by atoms with van der Waals surface area (Å²) >= 11 is 0. The lowest BCUT2D eigenvalue weighted by Crippen LogP contribution is -2.41. The molecule has 0 aliphatic carbocycles. The molecule has 24 heavy (non-hydrogen) atoms. The van der Waals surface area contributed by atoms with Gasteiger partial charge in [-0.1, -0.05) is 23.4 Å². The number of likely N-dealkylation sites (N-methyl/N-ethyl adjacent to an activating group) is 1. The predicted octanol–water partition coefficient (Wildman–Crippen LogP) is 1.90. The van der Waals surface area contributed by atoms with E-state index in [1.807, 2.05) is 49.2 Å². The molecule has 2 aromatic rings. The quantitative estimate of drug-likeness (QED) is 0.588. The van der Waals surface area contributed by atoms with Crippen molar-refractivity contribution in [3.8, 4) is 5.75 Å². The molecular weight excluding hydrogens is 306 g/mol. The molecule has 0 atom stereocenters. The van der Waals surface area contributed by atoms with Crippen LogP contribution in [0.3, 0.4) is 0 Å². The first kappa shape index (κ1) is 17.8. The highest BCUT2D eigenvalue weighted by Crippen LogP contribution is 2.07. The standard InChI is InChI=1S/C17H25N5O2/c1-4-18-17(19-11-10-16-20-14(2)21-24-16)22(3)12-13-23-15-8-6-5-7-9-15/h5-9H,4,10-13H2,1-3H3,(H,18,19). The molecule has 0 amide bonds. The zero-order valence-electron chi connectivity index (χ0n) is 14.5. The molecule has 0 spiro atoms. The molecule has 0 saturated carbocycles. The highest BCUT2D eigenvalue weighted by molar-refractivity contribution is 5.79. The maximum absolute atomic E-state index is 5.72. The van der Waals surface area contributed by atoms with E-state index in [2.05, 4.69) is 20.4 Å². The van der Waals surface area contributed by atoms with E-state index in [4.69, 9.17) is 9.26 Å². The molecule has 0 unspecified atom stereocenters. The molecule has 1 heterocycles. The largest absolute Gasteiger partial charge is 0.492 e. The molecule has 1 aromatic carbocycles. The maximum atomic E-state index is 5.72. The molecule has 1 aromatic heterocycles. The normalized spacial score (nSPS) is 11.4. The Balaban J connectivity index is 1.80. The van der Waals surface area contributed by atoms with Crippen LogP contribution in [-0.2, 0) is 6.42 Å². The predicted molar refractivity (Wildman–Crippen MR) is 93.3 cm³/mol. The first-order chi connectivity index (χ1) is 11.7. The van der Waals surface area contributed by atoms with Gasteiger partial charge in [0.05, 0.1) is 13.1 Å². The minimum Gasteiger partial charge on any atom is -0.492 e. The molecule has 0 radical (unpaired) electrons. The minimum atomic E-state index is 0.591. The minimum absolute atomic E-state index is 0.591. The van der Waals surface area contributed by atoms with Crippen LogP contribution in [0.4, 0.5) is 0 Å². The van der Waals surface area contributed by atoms with Gasteiger partial charge in [0.15, 0.2) is 11.8 Å². The third-order valence-corrected chi connectivity index (χ3v) is 3.29. The van der Waals surface area contributed by atoms with E-state index in [0.717, 1.165) is 24.8 Å². The van der Waals surface area contributed by atoms with Crippen LogP contribution in [-0.4, -0.2) is 54.3 Å². The van der Waals surface area contributed by atoms with E-state index in [1.54, 1.807) is 6.92 Å². The molecule has 7 heteroatoms. The second-order valence-corrected chi connectivity index (χ2v) is 5.30. The van der Waals surface area contributed by atoms with Crippen molar-refractivity contribution in [3.63, 3.8) is 0 Å². The summed E-state index contributed by atoms with van der Waals surface area (Å²) in [6, 6.07) is 9.80. The van der Waals surface area contributed by atoms with Gasteiger partial charge >= 0.3 is 0 Å². The fourth-order valence-corrected chi connectivity index (χ4v) is 2.09. The molecule has 130 valence electrons. The lowest BCUT2D eigenvalue weighted by atomic mass is 10.3. The van der Waals surface area contributed by atoms with Gasteiger partial charge in [-0.25, -0.2) is 0 Å². The average molecular weight is 331 g/mol. The van der Waals surface area contributed by atoms with Gasteiger partial charge < -0.3 is 19.5 Å². The van der Waals surface area contributed by atoms with Crippen molar-refractivity contribution in [1.82, 2.24) is 20.4 Å². The van der Waals surface area contributed by atoms with Crippen LogP contribution in [0.2, 0.25) is 0 Å². The van der Waals surface area contributed by atoms with Crippen LogP contribution in [0.25, 0.3) is 0 Å². The van der Waals surface area contributed by atoms with E-state index in [9.17, 15) is 0 Å². The molecule has 1 N–H and O–H groups in total. The Morgan fingerprint density at radius 2 is 2.12 bits per heavy atom. The van der Waals surface area contributed by atoms with Gasteiger partial charge in [-0.3, -0.25) is 4.99 Å². The number of hydrogen-bond donors (Lipinski definition) is 1. The number of aromatic nitrogens is 2. The molecule has 0 aliphatic rings. The lowest BCUT2D eigenvalue weighted by Gasteiger charge is -2.22. The second kappa shape index (κ2) is 9.54.